The topological polar surface area (TPSA) is 265 Å². The molecule has 0 aromatic carbocycles. The molecule has 18 nitrogen and oxygen atoms in total. The number of carbonyl (C=O) groups excluding carboxylic acids is 5. The van der Waals surface area contributed by atoms with Gasteiger partial charge in [-0.2, -0.15) is 0 Å². The van der Waals surface area contributed by atoms with E-state index >= 15 is 0 Å². The summed E-state index contributed by atoms with van der Waals surface area (Å²) in [5.74, 6) is -3.06. The fourth-order valence-electron chi connectivity index (χ4n) is 6.47. The van der Waals surface area contributed by atoms with Crippen LogP contribution in [0.3, 0.4) is 0 Å². The molecule has 0 aliphatic rings. The summed E-state index contributed by atoms with van der Waals surface area (Å²) in [7, 11) is 1.66. The van der Waals surface area contributed by atoms with Gasteiger partial charge in [-0.25, -0.2) is 0 Å². The average Bonchev–Trinajstić information content (AvgIpc) is 3.24. The van der Waals surface area contributed by atoms with E-state index in [0.29, 0.717) is 45.1 Å². The molecule has 0 spiro atoms. The number of aliphatic hydroxyl groups is 1. The third-order valence-corrected chi connectivity index (χ3v) is 10.0. The van der Waals surface area contributed by atoms with Crippen molar-refractivity contribution in [1.29, 1.82) is 0 Å². The van der Waals surface area contributed by atoms with Crippen LogP contribution in [0.25, 0.3) is 0 Å². The maximum atomic E-state index is 12.8. The highest BCUT2D eigenvalue weighted by molar-refractivity contribution is 5.89. The second-order valence-corrected chi connectivity index (χ2v) is 15.5. The Labute approximate surface area is 370 Å². The number of rotatable bonds is 47. The van der Waals surface area contributed by atoms with Gasteiger partial charge in [0.25, 0.3) is 0 Å². The first kappa shape index (κ1) is 58.5. The summed E-state index contributed by atoms with van der Waals surface area (Å²) in [6.07, 6.45) is 18.0. The molecule has 0 rings (SSSR count). The Hall–Kier alpha value is -3.55. The number of carbonyl (C=O) groups is 7. The van der Waals surface area contributed by atoms with Crippen LogP contribution in [0.1, 0.15) is 149 Å². The van der Waals surface area contributed by atoms with E-state index in [1.54, 1.807) is 7.05 Å². The lowest BCUT2D eigenvalue weighted by molar-refractivity contribution is -0.138. The highest BCUT2D eigenvalue weighted by Gasteiger charge is 2.21. The molecule has 3 amide bonds. The molecule has 0 saturated carbocycles. The average molecular weight is 891 g/mol. The molecule has 0 heterocycles. The second kappa shape index (κ2) is 42.7. The van der Waals surface area contributed by atoms with Crippen LogP contribution in [0.5, 0.6) is 0 Å². The van der Waals surface area contributed by atoms with E-state index in [4.69, 9.17) is 34.3 Å². The minimum absolute atomic E-state index is 0. The number of hydrogen-bond donors (Lipinski definition) is 7. The predicted molar refractivity (Wildman–Crippen MR) is 235 cm³/mol. The van der Waals surface area contributed by atoms with Crippen molar-refractivity contribution < 1.29 is 69.3 Å². The van der Waals surface area contributed by atoms with E-state index in [0.717, 1.165) is 38.5 Å². The number of aliphatic hydroxyl groups excluding tert-OH is 1. The Bertz CT molecular complexity index is 1220. The lowest BCUT2D eigenvalue weighted by Crippen LogP contribution is -2.41. The summed E-state index contributed by atoms with van der Waals surface area (Å²) in [5.41, 5.74) is 0. The number of carboxylic acid groups (broad SMARTS) is 2. The molecule has 0 fully saturated rings. The normalized spacial score (nSPS) is 12.1. The lowest BCUT2D eigenvalue weighted by atomic mass is 10.0. The van der Waals surface area contributed by atoms with Gasteiger partial charge in [0.05, 0.1) is 45.1 Å². The number of unbranched alkanes of at least 4 members (excludes halogenated alkanes) is 14. The fraction of sp³-hybridized carbons (Fsp3) is 0.841. The predicted octanol–water partition coefficient (Wildman–Crippen LogP) is 3.88. The molecular formula is C44H82N4O14. The Morgan fingerprint density at radius 2 is 0.935 bits per heavy atom. The summed E-state index contributed by atoms with van der Waals surface area (Å²) < 4.78 is 21.5. The van der Waals surface area contributed by atoms with Gasteiger partial charge in [-0.05, 0) is 52.0 Å². The fourth-order valence-corrected chi connectivity index (χ4v) is 6.47. The molecule has 18 heteroatoms. The Balaban J connectivity index is 0. The van der Waals surface area contributed by atoms with Crippen molar-refractivity contribution >= 4 is 41.2 Å². The molecule has 0 aliphatic heterocycles. The molecule has 0 aliphatic carbocycles. The van der Waals surface area contributed by atoms with E-state index in [1.165, 1.54) is 44.9 Å². The SMILES string of the molecule is CN[C@@H](CCCCNC(=O)COCCOCCNC(=O)COCCOCCCC(=O)[C@H](CCC(=O)O)NC(=O)CCCCCCCCCCCCCCCCC(=O)O)C(=O)CO.[HH]. The molecule has 62 heavy (non-hydrogen) atoms. The number of aliphatic carboxylic acids is 2. The Kier molecular flexibility index (Phi) is 40.3. The molecule has 0 aromatic heterocycles. The van der Waals surface area contributed by atoms with Gasteiger partial charge in [0, 0.05) is 46.8 Å². The van der Waals surface area contributed by atoms with E-state index < -0.39 is 24.6 Å². The Morgan fingerprint density at radius 1 is 0.452 bits per heavy atom. The smallest absolute Gasteiger partial charge is 0.303 e. The van der Waals surface area contributed by atoms with Crippen LogP contribution in [-0.2, 0) is 52.5 Å². The number of carboxylic acids is 2. The van der Waals surface area contributed by atoms with E-state index in [1.807, 2.05) is 0 Å². The largest absolute Gasteiger partial charge is 0.481 e. The monoisotopic (exact) mass is 891 g/mol. The zero-order valence-corrected chi connectivity index (χ0v) is 37.5. The minimum atomic E-state index is -1.03. The first-order chi connectivity index (χ1) is 30.0. The minimum Gasteiger partial charge on any atom is -0.481 e. The summed E-state index contributed by atoms with van der Waals surface area (Å²) in [6, 6.07) is -1.24. The molecule has 0 radical (unpaired) electrons. The summed E-state index contributed by atoms with van der Waals surface area (Å²) >= 11 is 0. The molecule has 0 saturated heterocycles. The second-order valence-electron chi connectivity index (χ2n) is 15.5. The Morgan fingerprint density at radius 3 is 1.45 bits per heavy atom. The van der Waals surface area contributed by atoms with Crippen LogP contribution in [0.2, 0.25) is 0 Å². The first-order valence-corrected chi connectivity index (χ1v) is 22.9. The molecule has 0 bridgehead atoms. The standard InChI is InChI=1S/C44H80N4O14.H2/c1-45-36(39(51)33-49)19-16-17-25-46-41(53)34-62-32-30-60-28-26-47-42(54)35-61-31-29-59-27-18-20-38(50)37(23-24-44(57)58)48-40(52)21-14-12-10-8-6-4-2-3-5-7-9-11-13-15-22-43(55)56;/h36-37,45,49H,2-35H2,1H3,(H,46,53)(H,47,54)(H,48,52)(H,55,56)(H,57,58);1H/t36-,37-;/m0./s1. The third-order valence-electron chi connectivity index (χ3n) is 10.0. The molecule has 0 unspecified atom stereocenters. The van der Waals surface area contributed by atoms with Crippen molar-refractivity contribution in [2.45, 2.75) is 160 Å². The third kappa shape index (κ3) is 39.3. The van der Waals surface area contributed by atoms with Gasteiger partial charge in [-0.15, -0.1) is 0 Å². The van der Waals surface area contributed by atoms with Gasteiger partial charge in [0.2, 0.25) is 17.7 Å². The molecule has 7 N–H and O–H groups in total. The van der Waals surface area contributed by atoms with Crippen molar-refractivity contribution in [2.24, 2.45) is 0 Å². The van der Waals surface area contributed by atoms with Crippen LogP contribution in [0.15, 0.2) is 0 Å². The number of ether oxygens (including phenoxy) is 4. The van der Waals surface area contributed by atoms with Crippen LogP contribution in [-0.4, -0.2) is 148 Å². The van der Waals surface area contributed by atoms with Gasteiger partial charge in [0.1, 0.15) is 19.8 Å². The number of ketones is 2. The van der Waals surface area contributed by atoms with Crippen molar-refractivity contribution in [1.82, 2.24) is 21.3 Å². The number of hydrogen-bond acceptors (Lipinski definition) is 13. The van der Waals surface area contributed by atoms with E-state index in [9.17, 15) is 33.6 Å². The van der Waals surface area contributed by atoms with Crippen molar-refractivity contribution in [2.75, 3.05) is 79.6 Å². The molecule has 362 valence electrons. The molecule has 0 aromatic rings. The van der Waals surface area contributed by atoms with Gasteiger partial charge in [0.15, 0.2) is 11.6 Å². The zero-order valence-electron chi connectivity index (χ0n) is 37.5. The number of amides is 3. The first-order valence-electron chi connectivity index (χ1n) is 22.9. The van der Waals surface area contributed by atoms with Crippen molar-refractivity contribution in [3.8, 4) is 0 Å². The quantitative estimate of drug-likeness (QED) is 0.0428. The molecule has 2 atom stereocenters. The van der Waals surface area contributed by atoms with E-state index in [2.05, 4.69) is 21.3 Å². The summed E-state index contributed by atoms with van der Waals surface area (Å²) in [6.45, 7) is 1.31. The lowest BCUT2D eigenvalue weighted by Gasteiger charge is -2.17. The van der Waals surface area contributed by atoms with Crippen LogP contribution in [0, 0.1) is 0 Å². The molecular weight excluding hydrogens is 808 g/mol. The van der Waals surface area contributed by atoms with Gasteiger partial charge >= 0.3 is 11.9 Å². The van der Waals surface area contributed by atoms with Gasteiger partial charge in [-0.3, -0.25) is 33.6 Å². The number of nitrogens with one attached hydrogen (secondary N) is 4. The maximum Gasteiger partial charge on any atom is 0.303 e. The zero-order chi connectivity index (χ0) is 45.9. The highest BCUT2D eigenvalue weighted by atomic mass is 16.5. The van der Waals surface area contributed by atoms with Crippen LogP contribution < -0.4 is 21.3 Å². The van der Waals surface area contributed by atoms with Crippen LogP contribution in [0.4, 0.5) is 0 Å². The summed E-state index contributed by atoms with van der Waals surface area (Å²) in [4.78, 5) is 82.4. The summed E-state index contributed by atoms with van der Waals surface area (Å²) in [5, 5.41) is 37.7. The number of Topliss-reactive ketones (excluding diaryl/α,β-unsaturated/α-hetero) is 2. The number of likely N-dealkylation sites (N-methyl/N-ethyl adjacent to an activating group) is 1. The van der Waals surface area contributed by atoms with Crippen molar-refractivity contribution in [3.63, 3.8) is 0 Å². The van der Waals surface area contributed by atoms with Crippen molar-refractivity contribution in [3.05, 3.63) is 0 Å². The highest BCUT2D eigenvalue weighted by Crippen LogP contribution is 2.14. The van der Waals surface area contributed by atoms with E-state index in [-0.39, 0.29) is 122 Å². The van der Waals surface area contributed by atoms with Crippen LogP contribution >= 0.6 is 0 Å². The van der Waals surface area contributed by atoms with Gasteiger partial charge < -0.3 is 55.5 Å². The maximum absolute atomic E-state index is 12.8. The van der Waals surface area contributed by atoms with Gasteiger partial charge in [-0.1, -0.05) is 77.0 Å².